The predicted molar refractivity (Wildman–Crippen MR) is 130 cm³/mol. The Morgan fingerprint density at radius 3 is 1.24 bits per heavy atom. The molecule has 2 unspecified atom stereocenters. The van der Waals surface area contributed by atoms with E-state index in [0.717, 1.165) is 11.1 Å². The first kappa shape index (κ1) is 27.1. The summed E-state index contributed by atoms with van der Waals surface area (Å²) >= 11 is 0. The first-order valence-electron chi connectivity index (χ1n) is 11.6. The molecule has 0 aliphatic carbocycles. The van der Waals surface area contributed by atoms with Crippen LogP contribution < -0.4 is 9.47 Å². The average Bonchev–Trinajstić information content (AvgIpc) is 2.79. The smallest absolute Gasteiger partial charge is 0.119 e. The number of aliphatic hydroxyl groups excluding tert-OH is 2. The Morgan fingerprint density at radius 1 is 0.606 bits per heavy atom. The van der Waals surface area contributed by atoms with Crippen molar-refractivity contribution in [2.45, 2.75) is 71.4 Å². The minimum absolute atomic E-state index is 0.0812. The third kappa shape index (κ3) is 9.33. The van der Waals surface area contributed by atoms with Gasteiger partial charge in [0.1, 0.15) is 36.9 Å². The van der Waals surface area contributed by atoms with E-state index < -0.39 is 12.2 Å². The summed E-state index contributed by atoms with van der Waals surface area (Å²) in [6.07, 6.45) is -1.16. The lowest BCUT2D eigenvalue weighted by Gasteiger charge is -2.26. The molecule has 0 aliphatic heterocycles. The van der Waals surface area contributed by atoms with Crippen molar-refractivity contribution < 1.29 is 29.2 Å². The molecular formula is C27H40O6. The molecule has 0 bridgehead atoms. The van der Waals surface area contributed by atoms with E-state index in [1.165, 1.54) is 0 Å². The van der Waals surface area contributed by atoms with Crippen molar-refractivity contribution >= 4 is 0 Å². The van der Waals surface area contributed by atoms with Crippen molar-refractivity contribution in [1.29, 1.82) is 0 Å². The third-order valence-corrected chi connectivity index (χ3v) is 5.28. The van der Waals surface area contributed by atoms with E-state index in [1.807, 2.05) is 76.2 Å². The van der Waals surface area contributed by atoms with E-state index >= 15 is 0 Å². The molecule has 6 heteroatoms. The summed E-state index contributed by atoms with van der Waals surface area (Å²) in [5, 5.41) is 19.9. The highest BCUT2D eigenvalue weighted by atomic mass is 16.5. The molecular weight excluding hydrogens is 420 g/mol. The molecule has 0 saturated carbocycles. The zero-order valence-corrected chi connectivity index (χ0v) is 20.8. The number of benzene rings is 2. The minimum atomic E-state index is -0.659. The van der Waals surface area contributed by atoms with Crippen LogP contribution in [0, 0.1) is 0 Å². The van der Waals surface area contributed by atoms with Gasteiger partial charge in [0.15, 0.2) is 0 Å². The van der Waals surface area contributed by atoms with Gasteiger partial charge in [-0.3, -0.25) is 0 Å². The van der Waals surface area contributed by atoms with Crippen LogP contribution in [0.2, 0.25) is 0 Å². The molecule has 0 spiro atoms. The quantitative estimate of drug-likeness (QED) is 0.437. The van der Waals surface area contributed by atoms with Crippen LogP contribution in [0.1, 0.15) is 52.7 Å². The van der Waals surface area contributed by atoms with E-state index in [0.29, 0.717) is 11.5 Å². The molecule has 0 amide bonds. The summed E-state index contributed by atoms with van der Waals surface area (Å²) in [5.74, 6) is 1.42. The Morgan fingerprint density at radius 2 is 0.939 bits per heavy atom. The van der Waals surface area contributed by atoms with Gasteiger partial charge in [-0.1, -0.05) is 38.1 Å². The molecule has 0 aliphatic rings. The van der Waals surface area contributed by atoms with Crippen molar-refractivity contribution in [2.75, 3.05) is 26.4 Å². The van der Waals surface area contributed by atoms with Gasteiger partial charge in [0, 0.05) is 5.41 Å². The Balaban J connectivity index is 1.90. The van der Waals surface area contributed by atoms with Crippen LogP contribution in [0.4, 0.5) is 0 Å². The summed E-state index contributed by atoms with van der Waals surface area (Å²) in [5.41, 5.74) is 2.08. The fourth-order valence-electron chi connectivity index (χ4n) is 3.19. The van der Waals surface area contributed by atoms with E-state index in [4.69, 9.17) is 18.9 Å². The molecule has 2 aromatic rings. The fraction of sp³-hybridized carbons (Fsp3) is 0.556. The van der Waals surface area contributed by atoms with E-state index in [2.05, 4.69) is 13.8 Å². The number of hydrogen-bond donors (Lipinski definition) is 2. The second-order valence-electron chi connectivity index (χ2n) is 9.37. The van der Waals surface area contributed by atoms with Gasteiger partial charge in [-0.25, -0.2) is 0 Å². The van der Waals surface area contributed by atoms with Gasteiger partial charge in [0.2, 0.25) is 0 Å². The molecule has 0 fully saturated rings. The first-order chi connectivity index (χ1) is 15.6. The third-order valence-electron chi connectivity index (χ3n) is 5.28. The molecule has 0 saturated heterocycles. The molecule has 0 radical (unpaired) electrons. The van der Waals surface area contributed by atoms with Crippen LogP contribution in [-0.4, -0.2) is 61.1 Å². The molecule has 2 aromatic carbocycles. The highest BCUT2D eigenvalue weighted by Crippen LogP contribution is 2.33. The normalized spacial score (nSPS) is 13.9. The summed E-state index contributed by atoms with van der Waals surface area (Å²) in [7, 11) is 0. The van der Waals surface area contributed by atoms with E-state index in [-0.39, 0.29) is 44.1 Å². The van der Waals surface area contributed by atoms with Gasteiger partial charge in [-0.15, -0.1) is 0 Å². The van der Waals surface area contributed by atoms with Crippen LogP contribution >= 0.6 is 0 Å². The van der Waals surface area contributed by atoms with Gasteiger partial charge in [-0.05, 0) is 63.1 Å². The van der Waals surface area contributed by atoms with Crippen molar-refractivity contribution in [3.8, 4) is 11.5 Å². The lowest BCUT2D eigenvalue weighted by atomic mass is 9.78. The van der Waals surface area contributed by atoms with Crippen LogP contribution in [0.5, 0.6) is 11.5 Å². The largest absolute Gasteiger partial charge is 0.491 e. The van der Waals surface area contributed by atoms with Crippen molar-refractivity contribution in [3.63, 3.8) is 0 Å². The Labute approximate surface area is 198 Å². The van der Waals surface area contributed by atoms with Crippen molar-refractivity contribution in [2.24, 2.45) is 0 Å². The summed E-state index contributed by atoms with van der Waals surface area (Å²) in [6, 6.07) is 15.9. The molecule has 0 aromatic heterocycles. The highest BCUT2D eigenvalue weighted by molar-refractivity contribution is 5.41. The van der Waals surface area contributed by atoms with E-state index in [9.17, 15) is 10.2 Å². The number of rotatable bonds is 14. The van der Waals surface area contributed by atoms with Crippen molar-refractivity contribution in [3.05, 3.63) is 59.7 Å². The second-order valence-corrected chi connectivity index (χ2v) is 9.37. The summed E-state index contributed by atoms with van der Waals surface area (Å²) in [4.78, 5) is 0. The molecule has 33 heavy (non-hydrogen) atoms. The minimum Gasteiger partial charge on any atom is -0.491 e. The maximum Gasteiger partial charge on any atom is 0.119 e. The van der Waals surface area contributed by atoms with Crippen LogP contribution in [0.25, 0.3) is 0 Å². The second kappa shape index (κ2) is 12.9. The number of aliphatic hydroxyl groups is 2. The molecule has 184 valence electrons. The van der Waals surface area contributed by atoms with Gasteiger partial charge in [0.25, 0.3) is 0 Å². The Bertz CT molecular complexity index is 731. The van der Waals surface area contributed by atoms with Crippen molar-refractivity contribution in [1.82, 2.24) is 0 Å². The van der Waals surface area contributed by atoms with Crippen LogP contribution in [-0.2, 0) is 14.9 Å². The molecule has 2 atom stereocenters. The maximum atomic E-state index is 9.95. The lowest BCUT2D eigenvalue weighted by molar-refractivity contribution is -0.0122. The highest BCUT2D eigenvalue weighted by Gasteiger charge is 2.23. The fourth-order valence-corrected chi connectivity index (χ4v) is 3.19. The molecule has 0 heterocycles. The van der Waals surface area contributed by atoms with Gasteiger partial charge in [0.05, 0.1) is 25.4 Å². The number of ether oxygens (including phenoxy) is 4. The lowest BCUT2D eigenvalue weighted by Crippen LogP contribution is -2.25. The monoisotopic (exact) mass is 460 g/mol. The average molecular weight is 461 g/mol. The van der Waals surface area contributed by atoms with Gasteiger partial charge < -0.3 is 29.2 Å². The standard InChI is InChI=1S/C27H40O6/c1-19(2)30-15-23(28)17-32-25-11-7-21(8-12-25)27(5,6)22-9-13-26(14-10-22)33-18-24(29)16-31-20(3)4/h7-14,19-20,23-24,28-29H,15-18H2,1-6H3. The SMILES string of the molecule is CC(C)OCC(O)COc1ccc(C(C)(C)c2ccc(OCC(O)COC(C)C)cc2)cc1. The maximum absolute atomic E-state index is 9.95. The Hall–Kier alpha value is -2.12. The van der Waals surface area contributed by atoms with Gasteiger partial charge in [-0.2, -0.15) is 0 Å². The predicted octanol–water partition coefficient (Wildman–Crippen LogP) is 4.34. The summed E-state index contributed by atoms with van der Waals surface area (Å²) < 4.78 is 22.2. The molecule has 2 rings (SSSR count). The molecule has 6 nitrogen and oxygen atoms in total. The van der Waals surface area contributed by atoms with Crippen LogP contribution in [0.15, 0.2) is 48.5 Å². The zero-order valence-electron chi connectivity index (χ0n) is 20.8. The van der Waals surface area contributed by atoms with Crippen LogP contribution in [0.3, 0.4) is 0 Å². The first-order valence-corrected chi connectivity index (χ1v) is 11.6. The van der Waals surface area contributed by atoms with Gasteiger partial charge >= 0.3 is 0 Å². The topological polar surface area (TPSA) is 77.4 Å². The molecule has 2 N–H and O–H groups in total. The summed E-state index contributed by atoms with van der Waals surface area (Å²) in [6.45, 7) is 13.0. The number of hydrogen-bond acceptors (Lipinski definition) is 6. The zero-order chi connectivity index (χ0) is 24.4. The Kier molecular flexibility index (Phi) is 10.6. The van der Waals surface area contributed by atoms with E-state index in [1.54, 1.807) is 0 Å².